The molecule has 2 aliphatic rings. The van der Waals surface area contributed by atoms with Crippen LogP contribution in [0.25, 0.3) is 0 Å². The number of methoxy groups -OCH3 is 1. The second kappa shape index (κ2) is 9.07. The standard InChI is InChI=1S/C19H29N3O2.HI/c1-3-20-18(22-11-10-19(14-22)8-5-9-19)21-13-17(23)15-6-4-7-16(12-15)24-2;/h4,6-7,12,17,23H,3,5,8-11,13-14H2,1-2H3,(H,20,21);1H. The van der Waals surface area contributed by atoms with Gasteiger partial charge in [-0.1, -0.05) is 18.6 Å². The van der Waals surface area contributed by atoms with Crippen LogP contribution in [0.4, 0.5) is 0 Å². The van der Waals surface area contributed by atoms with Gasteiger partial charge in [-0.25, -0.2) is 0 Å². The Morgan fingerprint density at radius 1 is 1.40 bits per heavy atom. The highest BCUT2D eigenvalue weighted by atomic mass is 127. The first-order chi connectivity index (χ1) is 11.7. The molecule has 0 amide bonds. The first-order valence-electron chi connectivity index (χ1n) is 9.01. The van der Waals surface area contributed by atoms with Crippen LogP contribution in [0.2, 0.25) is 0 Å². The maximum Gasteiger partial charge on any atom is 0.194 e. The molecule has 1 spiro atoms. The number of halogens is 1. The minimum atomic E-state index is -0.617. The van der Waals surface area contributed by atoms with Crippen LogP contribution in [0.1, 0.15) is 44.3 Å². The normalized spacial score (nSPS) is 20.0. The van der Waals surface area contributed by atoms with E-state index in [0.717, 1.165) is 36.9 Å². The van der Waals surface area contributed by atoms with Crippen molar-refractivity contribution in [3.63, 3.8) is 0 Å². The number of hydrogen-bond acceptors (Lipinski definition) is 3. The summed E-state index contributed by atoms with van der Waals surface area (Å²) in [6.07, 6.45) is 4.74. The molecule has 1 saturated carbocycles. The summed E-state index contributed by atoms with van der Waals surface area (Å²) < 4.78 is 5.22. The largest absolute Gasteiger partial charge is 0.497 e. The SMILES string of the molecule is CCNC(=NCC(O)c1cccc(OC)c1)N1CCC2(CCC2)C1.I. The summed E-state index contributed by atoms with van der Waals surface area (Å²) in [6, 6.07) is 7.56. The van der Waals surface area contributed by atoms with Crippen molar-refractivity contribution in [2.75, 3.05) is 33.3 Å². The van der Waals surface area contributed by atoms with E-state index in [2.05, 4.69) is 17.1 Å². The van der Waals surface area contributed by atoms with Gasteiger partial charge in [0.25, 0.3) is 0 Å². The molecule has 1 aliphatic carbocycles. The topological polar surface area (TPSA) is 57.1 Å². The third-order valence-corrected chi connectivity index (χ3v) is 5.38. The number of guanidine groups is 1. The lowest BCUT2D eigenvalue weighted by molar-refractivity contribution is 0.151. The third-order valence-electron chi connectivity index (χ3n) is 5.38. The smallest absolute Gasteiger partial charge is 0.194 e. The Bertz CT molecular complexity index is 590. The molecular weight excluding hydrogens is 429 g/mol. The summed E-state index contributed by atoms with van der Waals surface area (Å²) in [6.45, 7) is 5.47. The fraction of sp³-hybridized carbons (Fsp3) is 0.632. The van der Waals surface area contributed by atoms with Gasteiger partial charge in [0.2, 0.25) is 0 Å². The van der Waals surface area contributed by atoms with Gasteiger partial charge in [0.1, 0.15) is 5.75 Å². The van der Waals surface area contributed by atoms with E-state index in [4.69, 9.17) is 9.73 Å². The summed E-state index contributed by atoms with van der Waals surface area (Å²) in [5, 5.41) is 13.8. The number of aliphatic hydroxyl groups is 1. The van der Waals surface area contributed by atoms with Crippen LogP contribution in [0.5, 0.6) is 5.75 Å². The maximum atomic E-state index is 10.5. The number of likely N-dealkylation sites (tertiary alicyclic amines) is 1. The molecule has 0 bridgehead atoms. The Kier molecular flexibility index (Phi) is 7.37. The molecular formula is C19H30IN3O2. The van der Waals surface area contributed by atoms with Gasteiger partial charge in [-0.15, -0.1) is 24.0 Å². The molecule has 0 radical (unpaired) electrons. The zero-order chi connectivity index (χ0) is 17.0. The van der Waals surface area contributed by atoms with E-state index in [-0.39, 0.29) is 24.0 Å². The number of ether oxygens (including phenoxy) is 1. The highest BCUT2D eigenvalue weighted by Gasteiger charge is 2.43. The van der Waals surface area contributed by atoms with Crippen molar-refractivity contribution in [3.8, 4) is 5.75 Å². The number of aliphatic imine (C=N–C) groups is 1. The van der Waals surface area contributed by atoms with Crippen molar-refractivity contribution in [2.45, 2.75) is 38.7 Å². The first kappa shape index (κ1) is 20.3. The first-order valence-corrected chi connectivity index (χ1v) is 9.01. The summed E-state index contributed by atoms with van der Waals surface area (Å²) in [4.78, 5) is 7.05. The van der Waals surface area contributed by atoms with Crippen LogP contribution in [0.15, 0.2) is 29.3 Å². The lowest BCUT2D eigenvalue weighted by Gasteiger charge is -2.38. The lowest BCUT2D eigenvalue weighted by Crippen LogP contribution is -2.42. The number of hydrogen-bond donors (Lipinski definition) is 2. The molecule has 1 unspecified atom stereocenters. The zero-order valence-corrected chi connectivity index (χ0v) is 17.5. The monoisotopic (exact) mass is 459 g/mol. The van der Waals surface area contributed by atoms with Crippen LogP contribution in [-0.2, 0) is 0 Å². The van der Waals surface area contributed by atoms with Crippen molar-refractivity contribution in [1.82, 2.24) is 10.2 Å². The summed E-state index contributed by atoms with van der Waals surface area (Å²) in [7, 11) is 1.64. The molecule has 1 aromatic carbocycles. The highest BCUT2D eigenvalue weighted by molar-refractivity contribution is 14.0. The predicted molar refractivity (Wildman–Crippen MR) is 112 cm³/mol. The van der Waals surface area contributed by atoms with Crippen molar-refractivity contribution in [2.24, 2.45) is 10.4 Å². The van der Waals surface area contributed by atoms with Gasteiger partial charge in [-0.05, 0) is 49.3 Å². The van der Waals surface area contributed by atoms with Gasteiger partial charge in [0.05, 0.1) is 19.8 Å². The van der Waals surface area contributed by atoms with Gasteiger partial charge in [0, 0.05) is 19.6 Å². The fourth-order valence-electron chi connectivity index (χ4n) is 3.75. The van der Waals surface area contributed by atoms with Gasteiger partial charge in [-0.3, -0.25) is 4.99 Å². The molecule has 1 atom stereocenters. The van der Waals surface area contributed by atoms with Crippen molar-refractivity contribution in [1.29, 1.82) is 0 Å². The zero-order valence-electron chi connectivity index (χ0n) is 15.2. The van der Waals surface area contributed by atoms with Crippen molar-refractivity contribution in [3.05, 3.63) is 29.8 Å². The van der Waals surface area contributed by atoms with Gasteiger partial charge >= 0.3 is 0 Å². The second-order valence-electron chi connectivity index (χ2n) is 7.01. The van der Waals surface area contributed by atoms with Gasteiger partial charge in [0.15, 0.2) is 5.96 Å². The fourth-order valence-corrected chi connectivity index (χ4v) is 3.75. The third kappa shape index (κ3) is 4.78. The van der Waals surface area contributed by atoms with E-state index in [1.54, 1.807) is 7.11 Å². The number of rotatable bonds is 5. The molecule has 3 rings (SSSR count). The second-order valence-corrected chi connectivity index (χ2v) is 7.01. The lowest BCUT2D eigenvalue weighted by atomic mass is 9.68. The highest BCUT2D eigenvalue weighted by Crippen LogP contribution is 2.47. The predicted octanol–water partition coefficient (Wildman–Crippen LogP) is 3.19. The molecule has 1 saturated heterocycles. The number of nitrogens with zero attached hydrogens (tertiary/aromatic N) is 2. The Labute approximate surface area is 167 Å². The Balaban J connectivity index is 0.00000225. The molecule has 5 nitrogen and oxygen atoms in total. The van der Waals surface area contributed by atoms with Crippen LogP contribution in [-0.4, -0.2) is 49.3 Å². The minimum Gasteiger partial charge on any atom is -0.497 e. The number of aliphatic hydroxyl groups excluding tert-OH is 1. The van der Waals surface area contributed by atoms with Crippen LogP contribution in [0.3, 0.4) is 0 Å². The maximum absolute atomic E-state index is 10.5. The number of benzene rings is 1. The molecule has 0 aromatic heterocycles. The molecule has 140 valence electrons. The van der Waals surface area contributed by atoms with E-state index in [9.17, 15) is 5.11 Å². The molecule has 1 heterocycles. The van der Waals surface area contributed by atoms with Gasteiger partial charge < -0.3 is 20.1 Å². The average Bonchev–Trinajstić information content (AvgIpc) is 3.04. The van der Waals surface area contributed by atoms with Crippen molar-refractivity contribution < 1.29 is 9.84 Å². The van der Waals surface area contributed by atoms with Crippen LogP contribution in [0, 0.1) is 5.41 Å². The van der Waals surface area contributed by atoms with E-state index in [1.807, 2.05) is 24.3 Å². The van der Waals surface area contributed by atoms with Crippen LogP contribution < -0.4 is 10.1 Å². The van der Waals surface area contributed by atoms with E-state index in [0.29, 0.717) is 12.0 Å². The molecule has 2 N–H and O–H groups in total. The average molecular weight is 459 g/mol. The summed E-state index contributed by atoms with van der Waals surface area (Å²) >= 11 is 0. The Morgan fingerprint density at radius 3 is 2.80 bits per heavy atom. The number of nitrogens with one attached hydrogen (secondary N) is 1. The minimum absolute atomic E-state index is 0. The van der Waals surface area contributed by atoms with E-state index < -0.39 is 6.10 Å². The van der Waals surface area contributed by atoms with E-state index in [1.165, 1.54) is 25.7 Å². The molecule has 25 heavy (non-hydrogen) atoms. The van der Waals surface area contributed by atoms with Crippen molar-refractivity contribution >= 4 is 29.9 Å². The molecule has 1 aromatic rings. The summed E-state index contributed by atoms with van der Waals surface area (Å²) in [5.74, 6) is 1.69. The molecule has 1 aliphatic heterocycles. The molecule has 6 heteroatoms. The molecule has 2 fully saturated rings. The quantitative estimate of drug-likeness (QED) is 0.404. The van der Waals surface area contributed by atoms with Gasteiger partial charge in [-0.2, -0.15) is 0 Å². The Morgan fingerprint density at radius 2 is 2.20 bits per heavy atom. The Hall–Kier alpha value is -1.02. The summed E-state index contributed by atoms with van der Waals surface area (Å²) in [5.41, 5.74) is 1.38. The van der Waals surface area contributed by atoms with E-state index >= 15 is 0 Å². The van der Waals surface area contributed by atoms with Crippen LogP contribution >= 0.6 is 24.0 Å².